The van der Waals surface area contributed by atoms with Gasteiger partial charge < -0.3 is 19.9 Å². The minimum absolute atomic E-state index is 0.000755. The van der Waals surface area contributed by atoms with E-state index in [4.69, 9.17) is 4.74 Å². The van der Waals surface area contributed by atoms with Crippen LogP contribution in [0, 0.1) is 0 Å². The van der Waals surface area contributed by atoms with Crippen LogP contribution < -0.4 is 10.2 Å². The predicted molar refractivity (Wildman–Crippen MR) is 123 cm³/mol. The third kappa shape index (κ3) is 7.19. The van der Waals surface area contributed by atoms with E-state index >= 15 is 0 Å². The number of amides is 2. The summed E-state index contributed by atoms with van der Waals surface area (Å²) in [6.45, 7) is 10.1. The van der Waals surface area contributed by atoms with E-state index in [1.165, 1.54) is 0 Å². The molecule has 1 aromatic rings. The van der Waals surface area contributed by atoms with Crippen LogP contribution in [0.5, 0.6) is 0 Å². The molecule has 2 saturated heterocycles. The number of carbonyl (C=O) groups is 2. The molecule has 2 aliphatic rings. The summed E-state index contributed by atoms with van der Waals surface area (Å²) in [6, 6.07) is 8.06. The SMILES string of the molecule is CC1CN(c2ccc(NC(=O)CN3CCCN(CC(=O)N(C)C)CC3)cc2)CC(C)O1. The summed E-state index contributed by atoms with van der Waals surface area (Å²) in [6.07, 6.45) is 1.39. The highest BCUT2D eigenvalue weighted by Gasteiger charge is 2.22. The van der Waals surface area contributed by atoms with Gasteiger partial charge in [0.2, 0.25) is 11.8 Å². The van der Waals surface area contributed by atoms with Gasteiger partial charge >= 0.3 is 0 Å². The van der Waals surface area contributed by atoms with Crippen LogP contribution in [-0.4, -0.2) is 105 Å². The van der Waals surface area contributed by atoms with Gasteiger partial charge in [-0.2, -0.15) is 0 Å². The lowest BCUT2D eigenvalue weighted by molar-refractivity contribution is -0.129. The Hall–Kier alpha value is -2.16. The van der Waals surface area contributed by atoms with Crippen LogP contribution in [0.4, 0.5) is 11.4 Å². The summed E-state index contributed by atoms with van der Waals surface area (Å²) in [5.74, 6) is 0.120. The topological polar surface area (TPSA) is 68.4 Å². The second kappa shape index (κ2) is 10.9. The molecule has 0 aliphatic carbocycles. The molecule has 0 radical (unpaired) electrons. The Balaban J connectivity index is 1.45. The number of hydrogen-bond acceptors (Lipinski definition) is 6. The fourth-order valence-electron chi connectivity index (χ4n) is 4.22. The van der Waals surface area contributed by atoms with Crippen molar-refractivity contribution in [2.45, 2.75) is 32.5 Å². The molecular weight excluding hydrogens is 394 g/mol. The Morgan fingerprint density at radius 2 is 1.55 bits per heavy atom. The number of likely N-dealkylation sites (N-methyl/N-ethyl adjacent to an activating group) is 1. The Kier molecular flexibility index (Phi) is 8.28. The lowest BCUT2D eigenvalue weighted by Gasteiger charge is -2.36. The van der Waals surface area contributed by atoms with E-state index in [0.717, 1.165) is 57.1 Å². The molecule has 31 heavy (non-hydrogen) atoms. The van der Waals surface area contributed by atoms with Crippen molar-refractivity contribution >= 4 is 23.2 Å². The van der Waals surface area contributed by atoms with Crippen LogP contribution in [0.3, 0.4) is 0 Å². The van der Waals surface area contributed by atoms with E-state index in [9.17, 15) is 9.59 Å². The normalized spacial score (nSPS) is 23.3. The van der Waals surface area contributed by atoms with E-state index < -0.39 is 0 Å². The second-order valence-corrected chi connectivity index (χ2v) is 8.95. The van der Waals surface area contributed by atoms with Gasteiger partial charge in [-0.25, -0.2) is 0 Å². The first-order valence-corrected chi connectivity index (χ1v) is 11.3. The zero-order valence-corrected chi connectivity index (χ0v) is 19.3. The molecule has 0 aromatic heterocycles. The van der Waals surface area contributed by atoms with E-state index in [-0.39, 0.29) is 24.0 Å². The summed E-state index contributed by atoms with van der Waals surface area (Å²) >= 11 is 0. The summed E-state index contributed by atoms with van der Waals surface area (Å²) in [5.41, 5.74) is 1.97. The molecule has 1 aromatic carbocycles. The van der Waals surface area contributed by atoms with Crippen molar-refractivity contribution in [2.75, 3.05) is 76.7 Å². The predicted octanol–water partition coefficient (Wildman–Crippen LogP) is 1.33. The number of benzene rings is 1. The number of nitrogens with one attached hydrogen (secondary N) is 1. The Labute approximate surface area is 186 Å². The molecule has 3 rings (SSSR count). The molecule has 2 amide bonds. The highest BCUT2D eigenvalue weighted by atomic mass is 16.5. The van der Waals surface area contributed by atoms with Crippen LogP contribution >= 0.6 is 0 Å². The second-order valence-electron chi connectivity index (χ2n) is 8.95. The van der Waals surface area contributed by atoms with Crippen molar-refractivity contribution < 1.29 is 14.3 Å². The minimum Gasteiger partial charge on any atom is -0.372 e. The molecule has 8 heteroatoms. The molecule has 2 aliphatic heterocycles. The molecule has 0 bridgehead atoms. The van der Waals surface area contributed by atoms with Gasteiger partial charge in [0, 0.05) is 51.6 Å². The van der Waals surface area contributed by atoms with Crippen LogP contribution in [0.1, 0.15) is 20.3 Å². The first-order valence-electron chi connectivity index (χ1n) is 11.3. The Morgan fingerprint density at radius 3 is 2.13 bits per heavy atom. The summed E-state index contributed by atoms with van der Waals surface area (Å²) < 4.78 is 5.81. The van der Waals surface area contributed by atoms with Crippen molar-refractivity contribution in [3.63, 3.8) is 0 Å². The van der Waals surface area contributed by atoms with Gasteiger partial charge in [-0.15, -0.1) is 0 Å². The lowest BCUT2D eigenvalue weighted by atomic mass is 10.2. The largest absolute Gasteiger partial charge is 0.372 e. The molecule has 0 spiro atoms. The minimum atomic E-state index is -0.000755. The van der Waals surface area contributed by atoms with Crippen LogP contribution in [0.15, 0.2) is 24.3 Å². The molecule has 2 fully saturated rings. The van der Waals surface area contributed by atoms with Crippen LogP contribution in [0.25, 0.3) is 0 Å². The molecule has 2 atom stereocenters. The fourth-order valence-corrected chi connectivity index (χ4v) is 4.22. The molecule has 2 heterocycles. The Bertz CT molecular complexity index is 729. The molecule has 1 N–H and O–H groups in total. The van der Waals surface area contributed by atoms with Gasteiger partial charge in [-0.3, -0.25) is 19.4 Å². The Morgan fingerprint density at radius 1 is 0.968 bits per heavy atom. The quantitative estimate of drug-likeness (QED) is 0.733. The number of hydrogen-bond donors (Lipinski definition) is 1. The number of carbonyl (C=O) groups excluding carboxylic acids is 2. The molecule has 0 saturated carbocycles. The van der Waals surface area contributed by atoms with Gasteiger partial charge in [-0.05, 0) is 57.6 Å². The van der Waals surface area contributed by atoms with Crippen molar-refractivity contribution in [1.82, 2.24) is 14.7 Å². The average molecular weight is 432 g/mol. The van der Waals surface area contributed by atoms with Crippen molar-refractivity contribution in [1.29, 1.82) is 0 Å². The average Bonchev–Trinajstić information content (AvgIpc) is 2.92. The zero-order chi connectivity index (χ0) is 22.4. The standard InChI is InChI=1S/C23H37N5O3/c1-18-14-28(15-19(2)31-18)21-8-6-20(7-9-21)24-22(29)16-26-10-5-11-27(13-12-26)17-23(30)25(3)4/h6-9,18-19H,5,10-17H2,1-4H3,(H,24,29). The highest BCUT2D eigenvalue weighted by Crippen LogP contribution is 2.22. The van der Waals surface area contributed by atoms with Crippen LogP contribution in [0.2, 0.25) is 0 Å². The third-order valence-electron chi connectivity index (χ3n) is 5.84. The first kappa shape index (κ1) is 23.5. The monoisotopic (exact) mass is 431 g/mol. The summed E-state index contributed by atoms with van der Waals surface area (Å²) in [5, 5.41) is 3.02. The van der Waals surface area contributed by atoms with Crippen LogP contribution in [-0.2, 0) is 14.3 Å². The number of ether oxygens (including phenoxy) is 1. The van der Waals surface area contributed by atoms with Gasteiger partial charge in [0.1, 0.15) is 0 Å². The molecular formula is C23H37N5O3. The summed E-state index contributed by atoms with van der Waals surface area (Å²) in [4.78, 5) is 32.8. The number of morpholine rings is 1. The van der Waals surface area contributed by atoms with Gasteiger partial charge in [0.25, 0.3) is 0 Å². The van der Waals surface area contributed by atoms with E-state index in [2.05, 4.69) is 46.0 Å². The smallest absolute Gasteiger partial charge is 0.238 e. The van der Waals surface area contributed by atoms with E-state index in [0.29, 0.717) is 13.1 Å². The number of rotatable bonds is 6. The maximum Gasteiger partial charge on any atom is 0.238 e. The third-order valence-corrected chi connectivity index (χ3v) is 5.84. The van der Waals surface area contributed by atoms with Gasteiger partial charge in [0.05, 0.1) is 25.3 Å². The van der Waals surface area contributed by atoms with Crippen molar-refractivity contribution in [3.05, 3.63) is 24.3 Å². The van der Waals surface area contributed by atoms with Gasteiger partial charge in [-0.1, -0.05) is 0 Å². The maximum atomic E-state index is 12.6. The van der Waals surface area contributed by atoms with E-state index in [1.807, 2.05) is 12.1 Å². The van der Waals surface area contributed by atoms with Crippen molar-refractivity contribution in [3.8, 4) is 0 Å². The maximum absolute atomic E-state index is 12.6. The summed E-state index contributed by atoms with van der Waals surface area (Å²) in [7, 11) is 3.57. The molecule has 8 nitrogen and oxygen atoms in total. The molecule has 172 valence electrons. The van der Waals surface area contributed by atoms with E-state index in [1.54, 1.807) is 19.0 Å². The lowest BCUT2D eigenvalue weighted by Crippen LogP contribution is -2.45. The first-order chi connectivity index (χ1) is 14.8. The fraction of sp³-hybridized carbons (Fsp3) is 0.652. The highest BCUT2D eigenvalue weighted by molar-refractivity contribution is 5.92. The number of anilines is 2. The zero-order valence-electron chi connectivity index (χ0n) is 19.3. The van der Waals surface area contributed by atoms with Gasteiger partial charge in [0.15, 0.2) is 0 Å². The molecule has 2 unspecified atom stereocenters. The number of nitrogens with zero attached hydrogens (tertiary/aromatic N) is 4. The van der Waals surface area contributed by atoms with Crippen molar-refractivity contribution in [2.24, 2.45) is 0 Å².